The second-order valence-corrected chi connectivity index (χ2v) is 9.36. The Balaban J connectivity index is 1.84. The second-order valence-electron chi connectivity index (χ2n) is 9.36. The summed E-state index contributed by atoms with van der Waals surface area (Å²) in [7, 11) is 3.10. The molecule has 0 aliphatic rings. The number of aromatic nitrogens is 4. The van der Waals surface area contributed by atoms with E-state index in [1.807, 2.05) is 27.7 Å². The molecule has 0 aliphatic heterocycles. The van der Waals surface area contributed by atoms with Crippen LogP contribution in [0.15, 0.2) is 41.0 Å². The Morgan fingerprint density at radius 3 is 2.53 bits per heavy atom. The van der Waals surface area contributed by atoms with Crippen LogP contribution < -0.4 is 14.8 Å². The van der Waals surface area contributed by atoms with Crippen molar-refractivity contribution in [3.63, 3.8) is 0 Å². The normalized spacial score (nSPS) is 12.2. The molecule has 3 rings (SSSR count). The number of amides is 2. The third-order valence-corrected chi connectivity index (χ3v) is 5.34. The van der Waals surface area contributed by atoms with E-state index < -0.39 is 11.6 Å². The van der Waals surface area contributed by atoms with Crippen molar-refractivity contribution in [2.24, 2.45) is 0 Å². The minimum Gasteiger partial charge on any atom is -0.493 e. The monoisotopic (exact) mass is 498 g/mol. The predicted octanol–water partition coefficient (Wildman–Crippen LogP) is 3.06. The number of hydrogen-bond donors (Lipinski definition) is 1. The van der Waals surface area contributed by atoms with Crippen LogP contribution in [0.5, 0.6) is 11.5 Å². The molecule has 1 atom stereocenters. The van der Waals surface area contributed by atoms with Gasteiger partial charge in [0.1, 0.15) is 18.3 Å². The maximum absolute atomic E-state index is 13.5. The lowest BCUT2D eigenvalue weighted by Gasteiger charge is -2.32. The molecule has 11 nitrogen and oxygen atoms in total. The molecule has 36 heavy (non-hydrogen) atoms. The largest absolute Gasteiger partial charge is 0.493 e. The van der Waals surface area contributed by atoms with Gasteiger partial charge in [-0.1, -0.05) is 13.3 Å². The Labute approximate surface area is 210 Å². The first-order valence-corrected chi connectivity index (χ1v) is 11.8. The summed E-state index contributed by atoms with van der Waals surface area (Å²) in [5.74, 6) is 1.46. The molecule has 1 aromatic carbocycles. The van der Waals surface area contributed by atoms with Crippen LogP contribution in [0.2, 0.25) is 0 Å². The highest BCUT2D eigenvalue weighted by atomic mass is 16.5. The SMILES string of the molecule is CCC[C@@H](C(=O)NC(C)(C)C)N(Cc1ccco1)C(=O)Cn1nnc(-c2ccc(OC)c(OC)c2)n1. The molecule has 11 heteroatoms. The van der Waals surface area contributed by atoms with E-state index >= 15 is 0 Å². The van der Waals surface area contributed by atoms with E-state index in [0.717, 1.165) is 6.42 Å². The van der Waals surface area contributed by atoms with E-state index in [1.165, 1.54) is 16.0 Å². The Kier molecular flexibility index (Phi) is 8.68. The van der Waals surface area contributed by atoms with Crippen LogP contribution in [-0.2, 0) is 22.7 Å². The average molecular weight is 499 g/mol. The first-order chi connectivity index (χ1) is 17.1. The van der Waals surface area contributed by atoms with Gasteiger partial charge in [0, 0.05) is 11.1 Å². The van der Waals surface area contributed by atoms with Gasteiger partial charge in [-0.25, -0.2) is 0 Å². The Morgan fingerprint density at radius 1 is 1.17 bits per heavy atom. The van der Waals surface area contributed by atoms with Crippen molar-refractivity contribution in [1.29, 1.82) is 0 Å². The van der Waals surface area contributed by atoms with Crippen molar-refractivity contribution >= 4 is 11.8 Å². The van der Waals surface area contributed by atoms with Crippen LogP contribution in [0.4, 0.5) is 0 Å². The molecule has 0 fully saturated rings. The van der Waals surface area contributed by atoms with Gasteiger partial charge in [-0.05, 0) is 62.7 Å². The number of nitrogens with zero attached hydrogens (tertiary/aromatic N) is 5. The topological polar surface area (TPSA) is 125 Å². The van der Waals surface area contributed by atoms with Crippen molar-refractivity contribution in [2.75, 3.05) is 14.2 Å². The van der Waals surface area contributed by atoms with Gasteiger partial charge in [-0.2, -0.15) is 4.80 Å². The number of benzene rings is 1. The van der Waals surface area contributed by atoms with Gasteiger partial charge in [0.25, 0.3) is 0 Å². The Hall–Kier alpha value is -3.89. The lowest BCUT2D eigenvalue weighted by Crippen LogP contribution is -2.54. The third kappa shape index (κ3) is 6.83. The van der Waals surface area contributed by atoms with Gasteiger partial charge in [-0.15, -0.1) is 10.2 Å². The number of carbonyl (C=O) groups is 2. The summed E-state index contributed by atoms with van der Waals surface area (Å²) in [4.78, 5) is 29.4. The quantitative estimate of drug-likeness (QED) is 0.428. The summed E-state index contributed by atoms with van der Waals surface area (Å²) in [6, 6.07) is 8.10. The molecular weight excluding hydrogens is 464 g/mol. The lowest BCUT2D eigenvalue weighted by atomic mass is 10.0. The zero-order valence-corrected chi connectivity index (χ0v) is 21.6. The minimum atomic E-state index is -0.680. The zero-order valence-electron chi connectivity index (χ0n) is 21.6. The van der Waals surface area contributed by atoms with E-state index in [1.54, 1.807) is 44.6 Å². The van der Waals surface area contributed by atoms with Crippen LogP contribution >= 0.6 is 0 Å². The van der Waals surface area contributed by atoms with Gasteiger partial charge in [0.15, 0.2) is 11.5 Å². The van der Waals surface area contributed by atoms with E-state index in [-0.39, 0.29) is 24.9 Å². The minimum absolute atomic E-state index is 0.144. The van der Waals surface area contributed by atoms with Gasteiger partial charge in [0.2, 0.25) is 17.6 Å². The molecule has 0 bridgehead atoms. The highest BCUT2D eigenvalue weighted by Gasteiger charge is 2.32. The summed E-state index contributed by atoms with van der Waals surface area (Å²) in [5, 5.41) is 15.5. The molecule has 0 saturated heterocycles. The van der Waals surface area contributed by atoms with Crippen LogP contribution in [0.3, 0.4) is 0 Å². The molecule has 2 aromatic heterocycles. The van der Waals surface area contributed by atoms with Crippen molar-refractivity contribution in [1.82, 2.24) is 30.4 Å². The zero-order chi connectivity index (χ0) is 26.3. The maximum atomic E-state index is 13.5. The average Bonchev–Trinajstić information content (AvgIpc) is 3.52. The number of carbonyl (C=O) groups excluding carboxylic acids is 2. The summed E-state index contributed by atoms with van der Waals surface area (Å²) in [5.41, 5.74) is 0.219. The lowest BCUT2D eigenvalue weighted by molar-refractivity contribution is -0.143. The van der Waals surface area contributed by atoms with Crippen molar-refractivity contribution in [3.05, 3.63) is 42.4 Å². The smallest absolute Gasteiger partial charge is 0.247 e. The molecule has 0 spiro atoms. The van der Waals surface area contributed by atoms with Crippen LogP contribution in [0.25, 0.3) is 11.4 Å². The number of hydrogen-bond acceptors (Lipinski definition) is 8. The fraction of sp³-hybridized carbons (Fsp3) is 0.480. The predicted molar refractivity (Wildman–Crippen MR) is 132 cm³/mol. The van der Waals surface area contributed by atoms with Crippen LogP contribution in [0.1, 0.15) is 46.3 Å². The number of methoxy groups -OCH3 is 2. The fourth-order valence-corrected chi connectivity index (χ4v) is 3.71. The maximum Gasteiger partial charge on any atom is 0.247 e. The fourth-order valence-electron chi connectivity index (χ4n) is 3.71. The summed E-state index contributed by atoms with van der Waals surface area (Å²) in [6.07, 6.45) is 2.75. The number of tetrazole rings is 1. The number of ether oxygens (including phenoxy) is 2. The second kappa shape index (κ2) is 11.7. The molecule has 3 aromatic rings. The van der Waals surface area contributed by atoms with Gasteiger partial charge < -0.3 is 24.1 Å². The molecule has 194 valence electrons. The van der Waals surface area contributed by atoms with Crippen molar-refractivity contribution < 1.29 is 23.5 Å². The van der Waals surface area contributed by atoms with Gasteiger partial charge in [-0.3, -0.25) is 9.59 Å². The first-order valence-electron chi connectivity index (χ1n) is 11.8. The van der Waals surface area contributed by atoms with E-state index in [2.05, 4.69) is 20.7 Å². The molecule has 0 saturated carbocycles. The van der Waals surface area contributed by atoms with Crippen molar-refractivity contribution in [2.45, 2.75) is 65.2 Å². The summed E-state index contributed by atoms with van der Waals surface area (Å²) >= 11 is 0. The number of furan rings is 1. The molecule has 0 aliphatic carbocycles. The molecule has 0 unspecified atom stereocenters. The Morgan fingerprint density at radius 2 is 1.92 bits per heavy atom. The van der Waals surface area contributed by atoms with Gasteiger partial charge in [0.05, 0.1) is 27.0 Å². The highest BCUT2D eigenvalue weighted by molar-refractivity contribution is 5.88. The highest BCUT2D eigenvalue weighted by Crippen LogP contribution is 2.30. The summed E-state index contributed by atoms with van der Waals surface area (Å²) < 4.78 is 16.1. The molecule has 0 radical (unpaired) electrons. The van der Waals surface area contributed by atoms with Crippen molar-refractivity contribution in [3.8, 4) is 22.9 Å². The first kappa shape index (κ1) is 26.7. The summed E-state index contributed by atoms with van der Waals surface area (Å²) in [6.45, 7) is 7.64. The standard InChI is InChI=1S/C25H34N6O5/c1-7-9-19(24(33)26-25(2,3)4)30(15-18-10-8-13-36-18)22(32)16-31-28-23(27-29-31)17-11-12-20(34-5)21(14-17)35-6/h8,10-14,19H,7,9,15-16H2,1-6H3,(H,26,33)/t19-/m0/s1. The molecule has 2 heterocycles. The molecule has 2 amide bonds. The Bertz CT molecular complexity index is 1150. The van der Waals surface area contributed by atoms with E-state index in [0.29, 0.717) is 35.1 Å². The van der Waals surface area contributed by atoms with Gasteiger partial charge >= 0.3 is 0 Å². The number of rotatable bonds is 11. The number of nitrogens with one attached hydrogen (secondary N) is 1. The van der Waals surface area contributed by atoms with E-state index in [4.69, 9.17) is 13.9 Å². The van der Waals surface area contributed by atoms with E-state index in [9.17, 15) is 9.59 Å². The molecule has 1 N–H and O–H groups in total. The van der Waals surface area contributed by atoms with Crippen LogP contribution in [0, 0.1) is 0 Å². The van der Waals surface area contributed by atoms with Crippen LogP contribution in [-0.4, -0.2) is 62.7 Å². The third-order valence-electron chi connectivity index (χ3n) is 5.34. The molecular formula is C25H34N6O5.